The number of benzene rings is 2. The summed E-state index contributed by atoms with van der Waals surface area (Å²) in [5.41, 5.74) is 0.219. The first-order valence-electron chi connectivity index (χ1n) is 7.02. The lowest BCUT2D eigenvalue weighted by molar-refractivity contribution is -0.387. The number of hydrogen-bond donors (Lipinski definition) is 2. The zero-order valence-corrected chi connectivity index (χ0v) is 13.3. The van der Waals surface area contributed by atoms with Gasteiger partial charge in [0, 0.05) is 17.5 Å². The molecule has 1 atom stereocenters. The number of nitrogens with zero attached hydrogens (tertiary/aromatic N) is 1. The second-order valence-corrected chi connectivity index (χ2v) is 5.94. The molecule has 2 aromatic carbocycles. The summed E-state index contributed by atoms with van der Waals surface area (Å²) in [7, 11) is 0. The summed E-state index contributed by atoms with van der Waals surface area (Å²) in [5.74, 6) is -0.949. The molecule has 2 rings (SSSR count). The first-order chi connectivity index (χ1) is 11.5. The van der Waals surface area contributed by atoms with E-state index in [4.69, 9.17) is 0 Å². The van der Waals surface area contributed by atoms with Gasteiger partial charge in [0.2, 0.25) is 11.7 Å². The van der Waals surface area contributed by atoms with Crippen LogP contribution >= 0.6 is 11.8 Å². The van der Waals surface area contributed by atoms with E-state index in [-0.39, 0.29) is 17.3 Å². The average molecular weight is 350 g/mol. The first-order valence-corrected chi connectivity index (χ1v) is 8.17. The van der Waals surface area contributed by atoms with Crippen molar-refractivity contribution >= 4 is 29.0 Å². The summed E-state index contributed by atoms with van der Waals surface area (Å²) in [6.07, 6.45) is -0.684. The van der Waals surface area contributed by atoms with Gasteiger partial charge in [-0.25, -0.2) is 0 Å². The van der Waals surface area contributed by atoms with Crippen molar-refractivity contribution in [2.24, 2.45) is 0 Å². The second kappa shape index (κ2) is 8.42. The predicted molar refractivity (Wildman–Crippen MR) is 90.4 cm³/mol. The Kier molecular flexibility index (Phi) is 6.28. The lowest BCUT2D eigenvalue weighted by Crippen LogP contribution is -2.15. The third kappa shape index (κ3) is 5.04. The van der Waals surface area contributed by atoms with Crippen molar-refractivity contribution in [1.82, 2.24) is 0 Å². The number of nitro groups is 1. The van der Waals surface area contributed by atoms with Gasteiger partial charge in [-0.15, -0.1) is 11.8 Å². The van der Waals surface area contributed by atoms with Crippen LogP contribution in [0.5, 0.6) is 0 Å². The van der Waals surface area contributed by atoms with Gasteiger partial charge in [0.05, 0.1) is 16.8 Å². The summed E-state index contributed by atoms with van der Waals surface area (Å²) >= 11 is 1.23. The molecule has 0 fully saturated rings. The van der Waals surface area contributed by atoms with E-state index in [1.54, 1.807) is 12.1 Å². The van der Waals surface area contributed by atoms with E-state index in [2.05, 4.69) is 5.32 Å². The minimum Gasteiger partial charge on any atom is -0.388 e. The molecule has 0 aliphatic carbocycles. The normalized spacial score (nSPS) is 11.8. The number of hydrogen-bond acceptors (Lipinski definition) is 5. The highest BCUT2D eigenvalue weighted by Crippen LogP contribution is 2.22. The number of amides is 1. The Morgan fingerprint density at radius 2 is 2.00 bits per heavy atom. The Labute approximate surface area is 141 Å². The van der Waals surface area contributed by atoms with Gasteiger partial charge >= 0.3 is 5.69 Å². The maximum Gasteiger partial charge on any atom is 0.306 e. The molecule has 126 valence electrons. The first kappa shape index (κ1) is 17.9. The number of rotatable bonds is 7. The quantitative estimate of drug-likeness (QED) is 0.591. The maximum absolute atomic E-state index is 13.2. The number of aliphatic hydroxyl groups excluding tert-OH is 1. The van der Waals surface area contributed by atoms with Crippen LogP contribution in [0.2, 0.25) is 0 Å². The lowest BCUT2D eigenvalue weighted by Gasteiger charge is -2.10. The smallest absolute Gasteiger partial charge is 0.306 e. The van der Waals surface area contributed by atoms with Crippen molar-refractivity contribution in [3.63, 3.8) is 0 Å². The van der Waals surface area contributed by atoms with Crippen molar-refractivity contribution in [2.45, 2.75) is 6.10 Å². The molecule has 0 aliphatic heterocycles. The molecule has 0 aromatic heterocycles. The number of aliphatic hydroxyl groups is 1. The number of nitrogens with one attached hydrogen (secondary N) is 1. The SMILES string of the molecule is O=C(CSCC(O)c1ccccc1)Nc1ccc(F)c([N+](=O)[O-])c1. The maximum atomic E-state index is 13.2. The molecular weight excluding hydrogens is 335 g/mol. The van der Waals surface area contributed by atoms with Gasteiger partial charge in [0.25, 0.3) is 0 Å². The van der Waals surface area contributed by atoms with Crippen LogP contribution < -0.4 is 5.32 Å². The second-order valence-electron chi connectivity index (χ2n) is 4.91. The van der Waals surface area contributed by atoms with E-state index in [9.17, 15) is 24.4 Å². The highest BCUT2D eigenvalue weighted by molar-refractivity contribution is 7.99. The molecule has 0 spiro atoms. The summed E-state index contributed by atoms with van der Waals surface area (Å²) in [6, 6.07) is 12.2. The fraction of sp³-hybridized carbons (Fsp3) is 0.188. The molecule has 24 heavy (non-hydrogen) atoms. The van der Waals surface area contributed by atoms with Crippen LogP contribution in [-0.4, -0.2) is 27.4 Å². The molecule has 8 heteroatoms. The topological polar surface area (TPSA) is 92.5 Å². The highest BCUT2D eigenvalue weighted by Gasteiger charge is 2.15. The number of nitro benzene ring substituents is 1. The largest absolute Gasteiger partial charge is 0.388 e. The Balaban J connectivity index is 1.83. The van der Waals surface area contributed by atoms with Crippen LogP contribution in [-0.2, 0) is 4.79 Å². The standard InChI is InChI=1S/C16H15FN2O4S/c17-13-7-6-12(8-14(13)19(22)23)18-16(21)10-24-9-15(20)11-4-2-1-3-5-11/h1-8,15,20H,9-10H2,(H,18,21). The number of anilines is 1. The van der Waals surface area contributed by atoms with E-state index >= 15 is 0 Å². The van der Waals surface area contributed by atoms with Gasteiger partial charge in [-0.2, -0.15) is 4.39 Å². The number of carbonyl (C=O) groups is 1. The molecular formula is C16H15FN2O4S. The number of halogens is 1. The zero-order valence-electron chi connectivity index (χ0n) is 12.5. The van der Waals surface area contributed by atoms with Gasteiger partial charge in [0.15, 0.2) is 0 Å². The Morgan fingerprint density at radius 3 is 2.67 bits per heavy atom. The van der Waals surface area contributed by atoms with Crippen molar-refractivity contribution in [3.8, 4) is 0 Å². The Bertz CT molecular complexity index is 727. The summed E-state index contributed by atoms with van der Waals surface area (Å²) in [6.45, 7) is 0. The zero-order chi connectivity index (χ0) is 17.5. The summed E-state index contributed by atoms with van der Waals surface area (Å²) in [4.78, 5) is 21.6. The van der Waals surface area contributed by atoms with E-state index in [1.807, 2.05) is 18.2 Å². The van der Waals surface area contributed by atoms with Gasteiger partial charge in [-0.1, -0.05) is 30.3 Å². The number of thioether (sulfide) groups is 1. The predicted octanol–water partition coefficient (Wildman–Crippen LogP) is 3.14. The van der Waals surface area contributed by atoms with Crippen LogP contribution in [0, 0.1) is 15.9 Å². The summed E-state index contributed by atoms with van der Waals surface area (Å²) in [5, 5.41) is 23.1. The van der Waals surface area contributed by atoms with Crippen molar-refractivity contribution < 1.29 is 19.2 Å². The fourth-order valence-electron chi connectivity index (χ4n) is 1.96. The summed E-state index contributed by atoms with van der Waals surface area (Å²) < 4.78 is 13.2. The Hall–Kier alpha value is -2.45. The van der Waals surface area contributed by atoms with Gasteiger partial charge < -0.3 is 10.4 Å². The molecule has 1 amide bonds. The molecule has 1 unspecified atom stereocenters. The van der Waals surface area contributed by atoms with Crippen LogP contribution in [0.3, 0.4) is 0 Å². The minimum atomic E-state index is -0.960. The molecule has 2 aromatic rings. The van der Waals surface area contributed by atoms with Crippen molar-refractivity contribution in [3.05, 3.63) is 70.0 Å². The molecule has 2 N–H and O–H groups in total. The van der Waals surface area contributed by atoms with E-state index in [1.165, 1.54) is 17.8 Å². The van der Waals surface area contributed by atoms with E-state index in [0.29, 0.717) is 5.75 Å². The minimum absolute atomic E-state index is 0.0646. The van der Waals surface area contributed by atoms with E-state index < -0.39 is 22.5 Å². The molecule has 6 nitrogen and oxygen atoms in total. The molecule has 0 radical (unpaired) electrons. The highest BCUT2D eigenvalue weighted by atomic mass is 32.2. The van der Waals surface area contributed by atoms with Crippen LogP contribution in [0.4, 0.5) is 15.8 Å². The average Bonchev–Trinajstić information content (AvgIpc) is 2.57. The molecule has 0 saturated heterocycles. The van der Waals surface area contributed by atoms with Crippen molar-refractivity contribution in [1.29, 1.82) is 0 Å². The van der Waals surface area contributed by atoms with Crippen molar-refractivity contribution in [2.75, 3.05) is 16.8 Å². The van der Waals surface area contributed by atoms with Crippen LogP contribution in [0.15, 0.2) is 48.5 Å². The third-order valence-electron chi connectivity index (χ3n) is 3.12. The van der Waals surface area contributed by atoms with Gasteiger partial charge in [-0.3, -0.25) is 14.9 Å². The molecule has 0 heterocycles. The van der Waals surface area contributed by atoms with Gasteiger partial charge in [-0.05, 0) is 17.7 Å². The fourth-order valence-corrected chi connectivity index (χ4v) is 2.75. The monoisotopic (exact) mass is 350 g/mol. The molecule has 0 bridgehead atoms. The van der Waals surface area contributed by atoms with Gasteiger partial charge in [0.1, 0.15) is 0 Å². The lowest BCUT2D eigenvalue weighted by atomic mass is 10.1. The van der Waals surface area contributed by atoms with E-state index in [0.717, 1.165) is 17.7 Å². The van der Waals surface area contributed by atoms with Crippen LogP contribution in [0.25, 0.3) is 0 Å². The number of carbonyl (C=O) groups excluding carboxylic acids is 1. The molecule has 0 aliphatic rings. The van der Waals surface area contributed by atoms with Crippen LogP contribution in [0.1, 0.15) is 11.7 Å². The third-order valence-corrected chi connectivity index (χ3v) is 4.14. The molecule has 0 saturated carbocycles. The Morgan fingerprint density at radius 1 is 1.29 bits per heavy atom.